The van der Waals surface area contributed by atoms with Crippen LogP contribution in [0.5, 0.6) is 0 Å². The van der Waals surface area contributed by atoms with E-state index < -0.39 is 0 Å². The van der Waals surface area contributed by atoms with E-state index in [1.165, 1.54) is 16.9 Å². The molecular weight excluding hydrogens is 256 g/mol. The number of carbonyl (C=O) groups is 1. The van der Waals surface area contributed by atoms with Crippen LogP contribution in [0.15, 0.2) is 30.9 Å². The molecule has 1 heterocycles. The van der Waals surface area contributed by atoms with Gasteiger partial charge in [0.2, 0.25) is 0 Å². The second kappa shape index (κ2) is 5.45. The first-order chi connectivity index (χ1) is 9.02. The van der Waals surface area contributed by atoms with E-state index in [0.29, 0.717) is 10.6 Å². The largest absolute Gasteiger partial charge is 0.397 e. The highest BCUT2D eigenvalue weighted by Gasteiger charge is 2.17. The molecule has 0 fully saturated rings. The SMILES string of the molecule is C=CCC(C)NC(=O)c1sc2cc(C)ccc2c1N. The van der Waals surface area contributed by atoms with Crippen LogP contribution in [0, 0.1) is 6.92 Å². The van der Waals surface area contributed by atoms with Gasteiger partial charge < -0.3 is 11.1 Å². The predicted octanol–water partition coefficient (Wildman–Crippen LogP) is 3.49. The molecule has 1 aromatic heterocycles. The molecule has 0 aliphatic rings. The number of benzene rings is 1. The fraction of sp³-hybridized carbons (Fsp3) is 0.267. The van der Waals surface area contributed by atoms with Gasteiger partial charge in [0.1, 0.15) is 4.88 Å². The van der Waals surface area contributed by atoms with E-state index in [-0.39, 0.29) is 11.9 Å². The van der Waals surface area contributed by atoms with E-state index in [0.717, 1.165) is 16.5 Å². The van der Waals surface area contributed by atoms with Crippen LogP contribution in [-0.2, 0) is 0 Å². The zero-order chi connectivity index (χ0) is 14.0. The number of thiophene rings is 1. The van der Waals surface area contributed by atoms with Crippen molar-refractivity contribution in [1.29, 1.82) is 0 Å². The van der Waals surface area contributed by atoms with Crippen molar-refractivity contribution in [3.05, 3.63) is 41.3 Å². The molecule has 0 saturated heterocycles. The van der Waals surface area contributed by atoms with E-state index in [9.17, 15) is 4.79 Å². The van der Waals surface area contributed by atoms with Crippen molar-refractivity contribution >= 4 is 33.0 Å². The Morgan fingerprint density at radius 1 is 1.58 bits per heavy atom. The van der Waals surface area contributed by atoms with E-state index in [1.54, 1.807) is 6.08 Å². The normalized spacial score (nSPS) is 12.3. The standard InChI is InChI=1S/C15H18N2OS/c1-4-5-10(3)17-15(18)14-13(16)11-7-6-9(2)8-12(11)19-14/h4,6-8,10H,1,5,16H2,2-3H3,(H,17,18). The number of aryl methyl sites for hydroxylation is 1. The van der Waals surface area contributed by atoms with Gasteiger partial charge >= 0.3 is 0 Å². The summed E-state index contributed by atoms with van der Waals surface area (Å²) in [5, 5.41) is 3.89. The van der Waals surface area contributed by atoms with Crippen molar-refractivity contribution in [1.82, 2.24) is 5.32 Å². The number of nitrogen functional groups attached to an aromatic ring is 1. The predicted molar refractivity (Wildman–Crippen MR) is 82.7 cm³/mol. The molecule has 4 heteroatoms. The molecule has 0 aliphatic carbocycles. The summed E-state index contributed by atoms with van der Waals surface area (Å²) in [7, 11) is 0. The maximum atomic E-state index is 12.2. The van der Waals surface area contributed by atoms with Gasteiger partial charge in [-0.05, 0) is 31.9 Å². The van der Waals surface area contributed by atoms with Gasteiger partial charge in [-0.2, -0.15) is 0 Å². The van der Waals surface area contributed by atoms with Crippen LogP contribution >= 0.6 is 11.3 Å². The van der Waals surface area contributed by atoms with E-state index in [2.05, 4.69) is 18.0 Å². The molecule has 0 bridgehead atoms. The number of carbonyl (C=O) groups excluding carboxylic acids is 1. The lowest BCUT2D eigenvalue weighted by atomic mass is 10.1. The van der Waals surface area contributed by atoms with E-state index >= 15 is 0 Å². The molecule has 3 N–H and O–H groups in total. The summed E-state index contributed by atoms with van der Waals surface area (Å²) in [4.78, 5) is 12.8. The van der Waals surface area contributed by atoms with Gasteiger partial charge in [0.05, 0.1) is 5.69 Å². The molecule has 1 aromatic carbocycles. The number of amides is 1. The highest BCUT2D eigenvalue weighted by Crippen LogP contribution is 2.34. The molecular formula is C15H18N2OS. The summed E-state index contributed by atoms with van der Waals surface area (Å²) < 4.78 is 1.05. The number of nitrogens with two attached hydrogens (primary N) is 1. The molecule has 2 rings (SSSR count). The number of nitrogens with one attached hydrogen (secondary N) is 1. The lowest BCUT2D eigenvalue weighted by Gasteiger charge is -2.10. The molecule has 0 radical (unpaired) electrons. The summed E-state index contributed by atoms with van der Waals surface area (Å²) in [6, 6.07) is 6.10. The second-order valence-electron chi connectivity index (χ2n) is 4.74. The van der Waals surface area contributed by atoms with Crippen LogP contribution in [0.2, 0.25) is 0 Å². The van der Waals surface area contributed by atoms with Crippen LogP contribution in [0.25, 0.3) is 10.1 Å². The summed E-state index contributed by atoms with van der Waals surface area (Å²) in [5.41, 5.74) is 7.81. The van der Waals surface area contributed by atoms with Gasteiger partial charge in [-0.15, -0.1) is 17.9 Å². The minimum absolute atomic E-state index is 0.0661. The molecule has 3 nitrogen and oxygen atoms in total. The summed E-state index contributed by atoms with van der Waals surface area (Å²) >= 11 is 1.44. The fourth-order valence-corrected chi connectivity index (χ4v) is 3.11. The number of fused-ring (bicyclic) bond motifs is 1. The van der Waals surface area contributed by atoms with Crippen molar-refractivity contribution in [2.45, 2.75) is 26.3 Å². The van der Waals surface area contributed by atoms with Crippen LogP contribution in [0.3, 0.4) is 0 Å². The fourth-order valence-electron chi connectivity index (χ4n) is 1.99. The lowest BCUT2D eigenvalue weighted by molar-refractivity contribution is 0.0945. The molecule has 2 aromatic rings. The maximum Gasteiger partial charge on any atom is 0.263 e. The third-order valence-corrected chi connectivity index (χ3v) is 4.15. The first-order valence-corrected chi connectivity index (χ1v) is 7.05. The minimum atomic E-state index is -0.106. The zero-order valence-corrected chi connectivity index (χ0v) is 12.0. The van der Waals surface area contributed by atoms with Crippen LogP contribution in [0.4, 0.5) is 5.69 Å². The van der Waals surface area contributed by atoms with Crippen molar-refractivity contribution in [2.24, 2.45) is 0 Å². The number of anilines is 1. The van der Waals surface area contributed by atoms with E-state index in [1.807, 2.05) is 26.0 Å². The quantitative estimate of drug-likeness (QED) is 0.839. The summed E-state index contributed by atoms with van der Waals surface area (Å²) in [6.45, 7) is 7.65. The molecule has 0 aliphatic heterocycles. The van der Waals surface area contributed by atoms with Crippen molar-refractivity contribution in [2.75, 3.05) is 5.73 Å². The molecule has 0 saturated carbocycles. The van der Waals surface area contributed by atoms with Crippen molar-refractivity contribution in [3.8, 4) is 0 Å². The molecule has 0 spiro atoms. The summed E-state index contributed by atoms with van der Waals surface area (Å²) in [6.07, 6.45) is 2.54. The lowest BCUT2D eigenvalue weighted by Crippen LogP contribution is -2.31. The van der Waals surface area contributed by atoms with Gasteiger partial charge in [-0.3, -0.25) is 4.79 Å². The van der Waals surface area contributed by atoms with Crippen molar-refractivity contribution in [3.63, 3.8) is 0 Å². The molecule has 1 unspecified atom stereocenters. The third kappa shape index (κ3) is 2.79. The Bertz CT molecular complexity index is 630. The Labute approximate surface area is 117 Å². The Morgan fingerprint density at radius 3 is 3.00 bits per heavy atom. The van der Waals surface area contributed by atoms with E-state index in [4.69, 9.17) is 5.73 Å². The highest BCUT2D eigenvalue weighted by molar-refractivity contribution is 7.21. The molecule has 1 amide bonds. The average molecular weight is 274 g/mol. The Morgan fingerprint density at radius 2 is 2.32 bits per heavy atom. The Balaban J connectivity index is 2.32. The third-order valence-electron chi connectivity index (χ3n) is 2.99. The Hall–Kier alpha value is -1.81. The second-order valence-corrected chi connectivity index (χ2v) is 5.80. The summed E-state index contributed by atoms with van der Waals surface area (Å²) in [5.74, 6) is -0.106. The van der Waals surface area contributed by atoms with Gasteiger partial charge in [-0.1, -0.05) is 18.2 Å². The Kier molecular flexibility index (Phi) is 3.90. The van der Waals surface area contributed by atoms with Crippen LogP contribution in [0.1, 0.15) is 28.6 Å². The minimum Gasteiger partial charge on any atom is -0.397 e. The van der Waals surface area contributed by atoms with Crippen LogP contribution in [-0.4, -0.2) is 11.9 Å². The smallest absolute Gasteiger partial charge is 0.263 e. The number of rotatable bonds is 4. The van der Waals surface area contributed by atoms with Crippen LogP contribution < -0.4 is 11.1 Å². The van der Waals surface area contributed by atoms with Gasteiger partial charge in [0, 0.05) is 16.1 Å². The van der Waals surface area contributed by atoms with Gasteiger partial charge in [-0.25, -0.2) is 0 Å². The number of hydrogen-bond acceptors (Lipinski definition) is 3. The topological polar surface area (TPSA) is 55.1 Å². The molecule has 100 valence electrons. The average Bonchev–Trinajstić information content (AvgIpc) is 2.66. The number of hydrogen-bond donors (Lipinski definition) is 2. The first kappa shape index (κ1) is 13.6. The highest BCUT2D eigenvalue weighted by atomic mass is 32.1. The molecule has 19 heavy (non-hydrogen) atoms. The van der Waals surface area contributed by atoms with Crippen molar-refractivity contribution < 1.29 is 4.79 Å². The molecule has 1 atom stereocenters. The maximum absolute atomic E-state index is 12.2. The monoisotopic (exact) mass is 274 g/mol. The first-order valence-electron chi connectivity index (χ1n) is 6.23. The van der Waals surface area contributed by atoms with Gasteiger partial charge in [0.25, 0.3) is 5.91 Å². The van der Waals surface area contributed by atoms with Gasteiger partial charge in [0.15, 0.2) is 0 Å². The zero-order valence-electron chi connectivity index (χ0n) is 11.2.